The topological polar surface area (TPSA) is 97.1 Å². The summed E-state index contributed by atoms with van der Waals surface area (Å²) in [5, 5.41) is 6.48. The summed E-state index contributed by atoms with van der Waals surface area (Å²) in [6.45, 7) is 3.76. The van der Waals surface area contributed by atoms with E-state index < -0.39 is 10.0 Å². The zero-order valence-electron chi connectivity index (χ0n) is 12.2. The first kappa shape index (κ1) is 15.5. The largest absolute Gasteiger partial charge is 0.388 e. The molecule has 0 radical (unpaired) electrons. The average Bonchev–Trinajstić information content (AvgIpc) is 2.90. The molecule has 0 aliphatic heterocycles. The van der Waals surface area contributed by atoms with Crippen LogP contribution in [0, 0.1) is 13.8 Å². The molecular formula is C13H18N4O3S. The van der Waals surface area contributed by atoms with Crippen molar-refractivity contribution in [2.75, 3.05) is 18.9 Å². The van der Waals surface area contributed by atoms with Crippen LogP contribution >= 0.6 is 0 Å². The van der Waals surface area contributed by atoms with Crippen molar-refractivity contribution >= 4 is 15.7 Å². The van der Waals surface area contributed by atoms with Crippen LogP contribution in [-0.2, 0) is 16.4 Å². The van der Waals surface area contributed by atoms with E-state index in [2.05, 4.69) is 20.2 Å². The van der Waals surface area contributed by atoms with Gasteiger partial charge in [0.1, 0.15) is 0 Å². The van der Waals surface area contributed by atoms with Gasteiger partial charge in [0.25, 0.3) is 0 Å². The number of aryl methyl sites for hydroxylation is 2. The van der Waals surface area contributed by atoms with Crippen LogP contribution in [0.25, 0.3) is 0 Å². The highest BCUT2D eigenvalue weighted by molar-refractivity contribution is 7.89. The first-order valence-corrected chi connectivity index (χ1v) is 7.96. The lowest BCUT2D eigenvalue weighted by atomic mass is 10.1. The van der Waals surface area contributed by atoms with Crippen LogP contribution in [0.4, 0.5) is 5.69 Å². The monoisotopic (exact) mass is 310 g/mol. The van der Waals surface area contributed by atoms with Gasteiger partial charge in [-0.1, -0.05) is 5.16 Å². The molecule has 2 aromatic rings. The molecule has 0 atom stereocenters. The summed E-state index contributed by atoms with van der Waals surface area (Å²) < 4.78 is 32.2. The second-order valence-corrected chi connectivity index (χ2v) is 6.38. The number of hydrogen-bond acceptors (Lipinski definition) is 6. The second kappa shape index (κ2) is 6.23. The highest BCUT2D eigenvalue weighted by atomic mass is 32.2. The first-order valence-electron chi connectivity index (χ1n) is 6.48. The number of anilines is 1. The quantitative estimate of drug-likeness (QED) is 0.833. The molecule has 0 amide bonds. The van der Waals surface area contributed by atoms with Gasteiger partial charge in [-0.15, -0.1) is 0 Å². The summed E-state index contributed by atoms with van der Waals surface area (Å²) in [7, 11) is -1.77. The van der Waals surface area contributed by atoms with E-state index in [1.165, 1.54) is 6.33 Å². The highest BCUT2D eigenvalue weighted by Crippen LogP contribution is 2.24. The van der Waals surface area contributed by atoms with Crippen LogP contribution in [0.3, 0.4) is 0 Å². The third-order valence-electron chi connectivity index (χ3n) is 3.06. The first-order chi connectivity index (χ1) is 9.94. The minimum Gasteiger partial charge on any atom is -0.388 e. The molecule has 1 heterocycles. The fraction of sp³-hybridized carbons (Fsp3) is 0.385. The molecule has 0 spiro atoms. The molecule has 0 aliphatic carbocycles. The molecule has 1 aromatic carbocycles. The van der Waals surface area contributed by atoms with Gasteiger partial charge in [-0.05, 0) is 37.1 Å². The molecule has 114 valence electrons. The summed E-state index contributed by atoms with van der Waals surface area (Å²) in [6, 6.07) is 3.61. The van der Waals surface area contributed by atoms with E-state index >= 15 is 0 Å². The molecule has 8 heteroatoms. The van der Waals surface area contributed by atoms with Gasteiger partial charge in [0, 0.05) is 25.7 Å². The summed E-state index contributed by atoms with van der Waals surface area (Å²) in [5.41, 5.74) is 2.28. The van der Waals surface area contributed by atoms with Crippen LogP contribution in [0.1, 0.15) is 17.0 Å². The zero-order chi connectivity index (χ0) is 15.5. The number of rotatable bonds is 6. The number of nitrogens with zero attached hydrogens (tertiary/aromatic N) is 2. The van der Waals surface area contributed by atoms with Gasteiger partial charge in [-0.25, -0.2) is 13.1 Å². The van der Waals surface area contributed by atoms with Gasteiger partial charge < -0.3 is 9.84 Å². The maximum absolute atomic E-state index is 12.4. The van der Waals surface area contributed by atoms with E-state index in [0.29, 0.717) is 28.3 Å². The van der Waals surface area contributed by atoms with Crippen molar-refractivity contribution in [1.29, 1.82) is 0 Å². The fourth-order valence-electron chi connectivity index (χ4n) is 2.19. The van der Waals surface area contributed by atoms with Crippen LogP contribution < -0.4 is 10.0 Å². The van der Waals surface area contributed by atoms with Gasteiger partial charge in [0.2, 0.25) is 15.9 Å². The fourth-order valence-corrected chi connectivity index (χ4v) is 3.67. The number of benzene rings is 1. The number of hydrogen-bond donors (Lipinski definition) is 2. The second-order valence-electron chi connectivity index (χ2n) is 4.67. The number of aromatic nitrogens is 2. The summed E-state index contributed by atoms with van der Waals surface area (Å²) in [5.74, 6) is 0.400. The Kier molecular flexibility index (Phi) is 4.59. The van der Waals surface area contributed by atoms with E-state index in [4.69, 9.17) is 4.52 Å². The van der Waals surface area contributed by atoms with Crippen molar-refractivity contribution < 1.29 is 12.9 Å². The maximum atomic E-state index is 12.4. The van der Waals surface area contributed by atoms with Crippen molar-refractivity contribution in [2.45, 2.75) is 25.2 Å². The van der Waals surface area contributed by atoms with Gasteiger partial charge in [0.15, 0.2) is 6.33 Å². The van der Waals surface area contributed by atoms with Gasteiger partial charge in [-0.3, -0.25) is 0 Å². The lowest BCUT2D eigenvalue weighted by Crippen LogP contribution is -2.27. The van der Waals surface area contributed by atoms with E-state index in [1.807, 2.05) is 0 Å². The Morgan fingerprint density at radius 2 is 1.90 bits per heavy atom. The van der Waals surface area contributed by atoms with E-state index in [1.54, 1.807) is 33.0 Å². The molecule has 2 rings (SSSR count). The Bertz CT molecular complexity index is 688. The minimum absolute atomic E-state index is 0.206. The Morgan fingerprint density at radius 3 is 2.43 bits per heavy atom. The molecule has 0 fully saturated rings. The van der Waals surface area contributed by atoms with Crippen LogP contribution in [0.15, 0.2) is 27.9 Å². The van der Waals surface area contributed by atoms with E-state index in [0.717, 1.165) is 5.69 Å². The molecular weight excluding hydrogens is 292 g/mol. The normalized spacial score (nSPS) is 11.6. The third-order valence-corrected chi connectivity index (χ3v) is 4.82. The predicted molar refractivity (Wildman–Crippen MR) is 78.7 cm³/mol. The minimum atomic E-state index is -3.57. The van der Waals surface area contributed by atoms with Crippen molar-refractivity contribution in [3.8, 4) is 0 Å². The van der Waals surface area contributed by atoms with Crippen molar-refractivity contribution in [1.82, 2.24) is 14.9 Å². The molecule has 21 heavy (non-hydrogen) atoms. The van der Waals surface area contributed by atoms with Crippen LogP contribution in [0.2, 0.25) is 0 Å². The van der Waals surface area contributed by atoms with E-state index in [9.17, 15) is 8.42 Å². The Morgan fingerprint density at radius 1 is 1.24 bits per heavy atom. The van der Waals surface area contributed by atoms with E-state index in [-0.39, 0.29) is 6.54 Å². The number of sulfonamides is 1. The van der Waals surface area contributed by atoms with Crippen LogP contribution in [0.5, 0.6) is 0 Å². The summed E-state index contributed by atoms with van der Waals surface area (Å²) >= 11 is 0. The van der Waals surface area contributed by atoms with Crippen molar-refractivity contribution in [3.63, 3.8) is 0 Å². The Balaban J connectivity index is 2.15. The number of nitrogens with one attached hydrogen (secondary N) is 2. The molecule has 0 bridgehead atoms. The Labute approximate surface area is 123 Å². The SMILES string of the molecule is CNc1cc(C)c(S(=O)(=O)NCCc2ncno2)c(C)c1. The molecule has 1 aromatic heterocycles. The molecule has 7 nitrogen and oxygen atoms in total. The standard InChI is InChI=1S/C13H18N4O3S/c1-9-6-11(14-3)7-10(2)13(9)21(18,19)17-5-4-12-15-8-16-20-12/h6-8,14,17H,4-5H2,1-3H3. The summed E-state index contributed by atoms with van der Waals surface area (Å²) in [4.78, 5) is 4.16. The van der Waals surface area contributed by atoms with Gasteiger partial charge in [-0.2, -0.15) is 4.98 Å². The lowest BCUT2D eigenvalue weighted by molar-refractivity contribution is 0.377. The summed E-state index contributed by atoms with van der Waals surface area (Å²) in [6.07, 6.45) is 1.64. The lowest BCUT2D eigenvalue weighted by Gasteiger charge is -2.13. The van der Waals surface area contributed by atoms with Gasteiger partial charge >= 0.3 is 0 Å². The molecule has 0 saturated carbocycles. The smallest absolute Gasteiger partial charge is 0.241 e. The van der Waals surface area contributed by atoms with Crippen LogP contribution in [-0.4, -0.2) is 32.2 Å². The van der Waals surface area contributed by atoms with Crippen molar-refractivity contribution in [3.05, 3.63) is 35.5 Å². The Hall–Kier alpha value is -1.93. The third kappa shape index (κ3) is 3.59. The average molecular weight is 310 g/mol. The highest BCUT2D eigenvalue weighted by Gasteiger charge is 2.20. The molecule has 0 saturated heterocycles. The zero-order valence-corrected chi connectivity index (χ0v) is 13.0. The van der Waals surface area contributed by atoms with Gasteiger partial charge in [0.05, 0.1) is 4.90 Å². The predicted octanol–water partition coefficient (Wildman–Crippen LogP) is 1.25. The molecule has 2 N–H and O–H groups in total. The van der Waals surface area contributed by atoms with Crippen molar-refractivity contribution in [2.24, 2.45) is 0 Å². The molecule has 0 aliphatic rings. The maximum Gasteiger partial charge on any atom is 0.241 e. The molecule has 0 unspecified atom stereocenters.